The first-order valence-electron chi connectivity index (χ1n) is 3.03. The molecule has 1 saturated carbocycles. The molecule has 2 fully saturated rings. The maximum atomic E-state index is 10.5. The van der Waals surface area contributed by atoms with Gasteiger partial charge in [-0.1, -0.05) is 0 Å². The summed E-state index contributed by atoms with van der Waals surface area (Å²) in [5.74, 6) is 0. The van der Waals surface area contributed by atoms with Crippen molar-refractivity contribution in [3.05, 3.63) is 0 Å². The standard InChI is InChI=1S/C5H8N2O2/c8-4-7-6-3-5(9-4)1-2-5/h6H,1-3H2,(H,7,8). The molecule has 2 aliphatic rings. The van der Waals surface area contributed by atoms with Crippen LogP contribution in [0.2, 0.25) is 0 Å². The third-order valence-corrected chi connectivity index (χ3v) is 1.72. The molecule has 1 amide bonds. The van der Waals surface area contributed by atoms with E-state index in [0.29, 0.717) is 0 Å². The summed E-state index contributed by atoms with van der Waals surface area (Å²) in [6.45, 7) is 0.749. The van der Waals surface area contributed by atoms with Gasteiger partial charge in [-0.3, -0.25) is 5.43 Å². The highest BCUT2D eigenvalue weighted by Crippen LogP contribution is 2.39. The van der Waals surface area contributed by atoms with Crippen molar-refractivity contribution >= 4 is 6.09 Å². The quantitative estimate of drug-likeness (QED) is 0.473. The molecule has 50 valence electrons. The maximum absolute atomic E-state index is 10.5. The molecule has 0 unspecified atom stereocenters. The van der Waals surface area contributed by atoms with E-state index in [1.165, 1.54) is 0 Å². The van der Waals surface area contributed by atoms with Gasteiger partial charge in [0.2, 0.25) is 0 Å². The van der Waals surface area contributed by atoms with Gasteiger partial charge in [-0.2, -0.15) is 0 Å². The second-order valence-corrected chi connectivity index (χ2v) is 2.55. The van der Waals surface area contributed by atoms with Gasteiger partial charge in [0.15, 0.2) is 0 Å². The van der Waals surface area contributed by atoms with E-state index < -0.39 is 0 Å². The Balaban J connectivity index is 2.04. The second-order valence-electron chi connectivity index (χ2n) is 2.55. The molecule has 0 atom stereocenters. The smallest absolute Gasteiger partial charge is 0.422 e. The van der Waals surface area contributed by atoms with Crippen LogP contribution in [0.5, 0.6) is 0 Å². The summed E-state index contributed by atoms with van der Waals surface area (Å²) in [5, 5.41) is 0. The predicted octanol–water partition coefficient (Wildman–Crippen LogP) is -0.237. The Bertz CT molecular complexity index is 153. The highest BCUT2D eigenvalue weighted by Gasteiger charge is 2.48. The van der Waals surface area contributed by atoms with Crippen molar-refractivity contribution in [3.63, 3.8) is 0 Å². The maximum Gasteiger partial charge on any atom is 0.422 e. The van der Waals surface area contributed by atoms with E-state index in [2.05, 4.69) is 10.9 Å². The van der Waals surface area contributed by atoms with Crippen molar-refractivity contribution in [1.29, 1.82) is 0 Å². The van der Waals surface area contributed by atoms with Gasteiger partial charge in [0.05, 0.1) is 6.54 Å². The largest absolute Gasteiger partial charge is 0.441 e. The van der Waals surface area contributed by atoms with Crippen LogP contribution in [0.25, 0.3) is 0 Å². The lowest BCUT2D eigenvalue weighted by molar-refractivity contribution is 0.0531. The van der Waals surface area contributed by atoms with E-state index >= 15 is 0 Å². The van der Waals surface area contributed by atoms with Crippen molar-refractivity contribution < 1.29 is 9.53 Å². The first kappa shape index (κ1) is 5.05. The van der Waals surface area contributed by atoms with Gasteiger partial charge in [-0.05, 0) is 12.8 Å². The SMILES string of the molecule is O=C1NNCC2(CC2)O1. The third-order valence-electron chi connectivity index (χ3n) is 1.72. The second kappa shape index (κ2) is 1.39. The van der Waals surface area contributed by atoms with E-state index in [9.17, 15) is 4.79 Å². The molecule has 2 N–H and O–H groups in total. The zero-order chi connectivity index (χ0) is 6.32. The molecule has 0 aromatic carbocycles. The first-order valence-corrected chi connectivity index (χ1v) is 3.03. The molecule has 1 saturated heterocycles. The fourth-order valence-corrected chi connectivity index (χ4v) is 0.954. The van der Waals surface area contributed by atoms with Gasteiger partial charge in [0.1, 0.15) is 5.60 Å². The van der Waals surface area contributed by atoms with Gasteiger partial charge in [0.25, 0.3) is 0 Å². The van der Waals surface area contributed by atoms with E-state index in [1.54, 1.807) is 0 Å². The minimum Gasteiger partial charge on any atom is -0.441 e. The number of carbonyl (C=O) groups excluding carboxylic acids is 1. The molecular weight excluding hydrogens is 120 g/mol. The fourth-order valence-electron chi connectivity index (χ4n) is 0.954. The van der Waals surface area contributed by atoms with Crippen LogP contribution >= 0.6 is 0 Å². The zero-order valence-corrected chi connectivity index (χ0v) is 4.94. The summed E-state index contributed by atoms with van der Waals surface area (Å²) in [6, 6.07) is 0. The zero-order valence-electron chi connectivity index (χ0n) is 4.94. The lowest BCUT2D eigenvalue weighted by atomic mass is 10.3. The number of nitrogens with one attached hydrogen (secondary N) is 2. The molecule has 2 rings (SSSR count). The number of hydrogen-bond acceptors (Lipinski definition) is 3. The molecule has 0 aromatic rings. The lowest BCUT2D eigenvalue weighted by Crippen LogP contribution is -2.51. The molecular formula is C5H8N2O2. The topological polar surface area (TPSA) is 50.4 Å². The number of rotatable bonds is 0. The average molecular weight is 128 g/mol. The van der Waals surface area contributed by atoms with E-state index in [1.807, 2.05) is 0 Å². The van der Waals surface area contributed by atoms with Crippen molar-refractivity contribution in [2.24, 2.45) is 0 Å². The van der Waals surface area contributed by atoms with Crippen LogP contribution in [-0.4, -0.2) is 18.2 Å². The summed E-state index contributed by atoms with van der Waals surface area (Å²) in [7, 11) is 0. The van der Waals surface area contributed by atoms with Gasteiger partial charge in [-0.15, -0.1) is 0 Å². The molecule has 0 aromatic heterocycles. The summed E-state index contributed by atoms with van der Waals surface area (Å²) in [6.07, 6.45) is 1.67. The minimum atomic E-state index is -0.348. The van der Waals surface area contributed by atoms with Crippen molar-refractivity contribution in [3.8, 4) is 0 Å². The number of amides is 1. The van der Waals surface area contributed by atoms with Crippen LogP contribution < -0.4 is 10.9 Å². The summed E-state index contributed by atoms with van der Waals surface area (Å²) in [4.78, 5) is 10.5. The van der Waals surface area contributed by atoms with Gasteiger partial charge < -0.3 is 4.74 Å². The molecule has 1 spiro atoms. The monoisotopic (exact) mass is 128 g/mol. The molecule has 1 heterocycles. The number of hydrazine groups is 1. The van der Waals surface area contributed by atoms with E-state index in [4.69, 9.17) is 4.74 Å². The van der Waals surface area contributed by atoms with E-state index in [0.717, 1.165) is 19.4 Å². The van der Waals surface area contributed by atoms with Crippen molar-refractivity contribution in [2.75, 3.05) is 6.54 Å². The van der Waals surface area contributed by atoms with Crippen molar-refractivity contribution in [1.82, 2.24) is 10.9 Å². The third kappa shape index (κ3) is 0.751. The molecule has 1 aliphatic carbocycles. The molecule has 0 bridgehead atoms. The number of hydrogen-bond donors (Lipinski definition) is 2. The van der Waals surface area contributed by atoms with Crippen LogP contribution in [0.4, 0.5) is 4.79 Å². The van der Waals surface area contributed by atoms with Gasteiger partial charge in [-0.25, -0.2) is 10.2 Å². The highest BCUT2D eigenvalue weighted by molar-refractivity contribution is 5.68. The van der Waals surface area contributed by atoms with Crippen LogP contribution in [0.15, 0.2) is 0 Å². The predicted molar refractivity (Wildman–Crippen MR) is 29.6 cm³/mol. The molecule has 9 heavy (non-hydrogen) atoms. The lowest BCUT2D eigenvalue weighted by Gasteiger charge is -2.22. The first-order chi connectivity index (χ1) is 4.31. The minimum absolute atomic E-state index is 0.123. The number of ether oxygens (including phenoxy) is 1. The summed E-state index contributed by atoms with van der Waals surface area (Å²) < 4.78 is 4.97. The van der Waals surface area contributed by atoms with Crippen LogP contribution in [0, 0.1) is 0 Å². The Morgan fingerprint density at radius 1 is 1.56 bits per heavy atom. The van der Waals surface area contributed by atoms with Crippen LogP contribution in [0.3, 0.4) is 0 Å². The Hall–Kier alpha value is -0.770. The molecule has 1 aliphatic heterocycles. The molecule has 4 nitrogen and oxygen atoms in total. The highest BCUT2D eigenvalue weighted by atomic mass is 16.6. The molecule has 4 heteroatoms. The molecule has 0 radical (unpaired) electrons. The summed E-state index contributed by atoms with van der Waals surface area (Å²) >= 11 is 0. The van der Waals surface area contributed by atoms with Crippen LogP contribution in [-0.2, 0) is 4.74 Å². The van der Waals surface area contributed by atoms with Gasteiger partial charge >= 0.3 is 6.09 Å². The van der Waals surface area contributed by atoms with Gasteiger partial charge in [0, 0.05) is 0 Å². The normalized spacial score (nSPS) is 29.1. The average Bonchev–Trinajstić information content (AvgIpc) is 2.49. The Morgan fingerprint density at radius 3 is 2.78 bits per heavy atom. The van der Waals surface area contributed by atoms with Crippen LogP contribution in [0.1, 0.15) is 12.8 Å². The summed E-state index contributed by atoms with van der Waals surface area (Å²) in [5.41, 5.74) is 5.01. The Morgan fingerprint density at radius 2 is 2.33 bits per heavy atom. The fraction of sp³-hybridized carbons (Fsp3) is 0.800. The number of carbonyl (C=O) groups is 1. The Kier molecular flexibility index (Phi) is 0.778. The van der Waals surface area contributed by atoms with E-state index in [-0.39, 0.29) is 11.7 Å². The van der Waals surface area contributed by atoms with Crippen molar-refractivity contribution in [2.45, 2.75) is 18.4 Å². The Labute approximate surface area is 52.5 Å².